The monoisotopic (exact) mass is 358 g/mol. The topological polar surface area (TPSA) is 127 Å². The van der Waals surface area contributed by atoms with Gasteiger partial charge in [-0.05, 0) is 29.6 Å². The van der Waals surface area contributed by atoms with Crippen molar-refractivity contribution in [3.8, 4) is 21.9 Å². The molecule has 3 aromatic rings. The number of hydrogen-bond donors (Lipinski definition) is 3. The number of furan rings is 1. The molecule has 0 saturated heterocycles. The summed E-state index contributed by atoms with van der Waals surface area (Å²) < 4.78 is 5.49. The molecule has 0 atom stereocenters. The molecule has 7 nitrogen and oxygen atoms in total. The van der Waals surface area contributed by atoms with Crippen molar-refractivity contribution in [2.75, 3.05) is 11.5 Å². The highest BCUT2D eigenvalue weighted by Gasteiger charge is 2.16. The molecule has 3 aromatic heterocycles. The van der Waals surface area contributed by atoms with E-state index in [2.05, 4.69) is 15.2 Å². The third kappa shape index (κ3) is 3.31. The number of aromatic nitrogens is 1. The lowest BCUT2D eigenvalue weighted by molar-refractivity contribution is 0.582. The molecule has 0 aliphatic heterocycles. The molecule has 0 amide bonds. The van der Waals surface area contributed by atoms with Crippen LogP contribution in [0.3, 0.4) is 0 Å². The highest BCUT2D eigenvalue weighted by Crippen LogP contribution is 2.37. The first kappa shape index (κ1) is 16.2. The van der Waals surface area contributed by atoms with Crippen molar-refractivity contribution in [2.24, 2.45) is 16.1 Å². The highest BCUT2D eigenvalue weighted by atomic mass is 32.2. The number of anilines is 1. The number of hydrogen-bond acceptors (Lipinski definition) is 8. The summed E-state index contributed by atoms with van der Waals surface area (Å²) in [5.74, 6) is 6.39. The molecule has 3 rings (SSSR count). The first-order valence-corrected chi connectivity index (χ1v) is 8.74. The molecule has 0 radical (unpaired) electrons. The number of hydrazone groups is 1. The second-order valence-corrected chi connectivity index (χ2v) is 6.59. The molecule has 0 fully saturated rings. The van der Waals surface area contributed by atoms with Crippen LogP contribution in [0.25, 0.3) is 21.9 Å². The fourth-order valence-electron chi connectivity index (χ4n) is 2.06. The molecule has 0 bridgehead atoms. The van der Waals surface area contributed by atoms with E-state index in [0.29, 0.717) is 22.2 Å². The van der Waals surface area contributed by atoms with Crippen LogP contribution in [0.4, 0.5) is 5.69 Å². The van der Waals surface area contributed by atoms with Gasteiger partial charge in [0.05, 0.1) is 28.3 Å². The Hall–Kier alpha value is -2.65. The van der Waals surface area contributed by atoms with Crippen molar-refractivity contribution in [1.29, 1.82) is 5.53 Å². The fourth-order valence-corrected chi connectivity index (χ4v) is 3.58. The second kappa shape index (κ2) is 7.28. The van der Waals surface area contributed by atoms with E-state index in [1.165, 1.54) is 11.8 Å². The third-order valence-electron chi connectivity index (χ3n) is 3.20. The van der Waals surface area contributed by atoms with Gasteiger partial charge in [-0.25, -0.2) is 10.5 Å². The first-order chi connectivity index (χ1) is 11.7. The van der Waals surface area contributed by atoms with Crippen molar-refractivity contribution in [3.63, 3.8) is 0 Å². The van der Waals surface area contributed by atoms with E-state index in [9.17, 15) is 0 Å². The molecule has 0 spiro atoms. The maximum Gasteiger partial charge on any atom is 0.179 e. The van der Waals surface area contributed by atoms with Gasteiger partial charge in [-0.15, -0.1) is 16.5 Å². The first-order valence-electron chi connectivity index (χ1n) is 6.88. The molecule has 0 unspecified atom stereocenters. The Morgan fingerprint density at radius 1 is 1.38 bits per heavy atom. The number of amidine groups is 1. The fraction of sp³-hybridized carbons (Fsp3) is 0.0667. The standard InChI is InChI=1S/C15H14N6OS2/c16-14-9(11-3-1-5-22-11)7-10(12-4-2-6-23-12)19-15(14)24-8-13(20-17)21-18/h1-7,17H,8,16,18H2. The van der Waals surface area contributed by atoms with Crippen LogP contribution < -0.4 is 11.6 Å². The van der Waals surface area contributed by atoms with Crippen LogP contribution in [-0.2, 0) is 0 Å². The van der Waals surface area contributed by atoms with E-state index in [-0.39, 0.29) is 5.84 Å². The van der Waals surface area contributed by atoms with Crippen LogP contribution in [0, 0.1) is 5.53 Å². The number of thiophene rings is 1. The number of thioether (sulfide) groups is 1. The van der Waals surface area contributed by atoms with Crippen molar-refractivity contribution in [2.45, 2.75) is 5.03 Å². The average molecular weight is 358 g/mol. The Morgan fingerprint density at radius 2 is 2.25 bits per heavy atom. The molecule has 24 heavy (non-hydrogen) atoms. The molecule has 0 aliphatic carbocycles. The third-order valence-corrected chi connectivity index (χ3v) is 5.08. The van der Waals surface area contributed by atoms with Crippen molar-refractivity contribution in [1.82, 2.24) is 4.98 Å². The van der Waals surface area contributed by atoms with Gasteiger partial charge in [0.2, 0.25) is 0 Å². The number of nitrogens with two attached hydrogens (primary N) is 2. The minimum Gasteiger partial charge on any atom is -0.464 e. The summed E-state index contributed by atoms with van der Waals surface area (Å²) in [5, 5.41) is 9.33. The van der Waals surface area contributed by atoms with E-state index in [1.54, 1.807) is 17.6 Å². The molecule has 0 aromatic carbocycles. The molecule has 0 aliphatic rings. The molecule has 5 N–H and O–H groups in total. The van der Waals surface area contributed by atoms with Gasteiger partial charge in [-0.3, -0.25) is 0 Å². The Labute approximate surface area is 146 Å². The van der Waals surface area contributed by atoms with Crippen LogP contribution in [0.15, 0.2) is 61.6 Å². The van der Waals surface area contributed by atoms with E-state index in [4.69, 9.17) is 21.5 Å². The summed E-state index contributed by atoms with van der Waals surface area (Å²) in [6.07, 6.45) is 1.60. The van der Waals surface area contributed by atoms with E-state index < -0.39 is 0 Å². The summed E-state index contributed by atoms with van der Waals surface area (Å²) in [6.45, 7) is 0. The van der Waals surface area contributed by atoms with Gasteiger partial charge in [-0.2, -0.15) is 5.10 Å². The van der Waals surface area contributed by atoms with E-state index >= 15 is 0 Å². The predicted octanol–water partition coefficient (Wildman–Crippen LogP) is 4.05. The molecular weight excluding hydrogens is 344 g/mol. The van der Waals surface area contributed by atoms with Gasteiger partial charge in [0.25, 0.3) is 0 Å². The number of rotatable bonds is 5. The van der Waals surface area contributed by atoms with Crippen LogP contribution in [0.1, 0.15) is 0 Å². The van der Waals surface area contributed by atoms with Gasteiger partial charge in [0.1, 0.15) is 10.8 Å². The lowest BCUT2D eigenvalue weighted by Gasteiger charge is -2.11. The van der Waals surface area contributed by atoms with E-state index in [1.807, 2.05) is 35.7 Å². The number of nitrogens with one attached hydrogen (secondary N) is 1. The maximum absolute atomic E-state index is 7.03. The molecule has 3 heterocycles. The Balaban J connectivity index is 2.05. The highest BCUT2D eigenvalue weighted by molar-refractivity contribution is 8.00. The minimum atomic E-state index is 0.210. The minimum absolute atomic E-state index is 0.210. The Bertz CT molecular complexity index is 858. The second-order valence-electron chi connectivity index (χ2n) is 4.67. The van der Waals surface area contributed by atoms with Crippen LogP contribution in [0.2, 0.25) is 0 Å². The average Bonchev–Trinajstić information content (AvgIpc) is 3.31. The number of nitrogens with zero attached hydrogens (tertiary/aromatic N) is 3. The lowest BCUT2D eigenvalue weighted by atomic mass is 10.1. The zero-order chi connectivity index (χ0) is 16.9. The smallest absolute Gasteiger partial charge is 0.179 e. The van der Waals surface area contributed by atoms with Gasteiger partial charge < -0.3 is 16.0 Å². The number of nitrogen functional groups attached to an aromatic ring is 1. The number of pyridine rings is 1. The van der Waals surface area contributed by atoms with Gasteiger partial charge in [0, 0.05) is 5.56 Å². The van der Waals surface area contributed by atoms with Gasteiger partial charge in [-0.1, -0.05) is 17.8 Å². The summed E-state index contributed by atoms with van der Waals surface area (Å²) in [7, 11) is 0. The molecule has 122 valence electrons. The molecule has 0 saturated carbocycles. The summed E-state index contributed by atoms with van der Waals surface area (Å²) >= 11 is 2.92. The summed E-state index contributed by atoms with van der Waals surface area (Å²) in [6, 6.07) is 9.54. The van der Waals surface area contributed by atoms with Gasteiger partial charge in [0.15, 0.2) is 5.84 Å². The zero-order valence-corrected chi connectivity index (χ0v) is 14.1. The Morgan fingerprint density at radius 3 is 2.88 bits per heavy atom. The Kier molecular flexibility index (Phi) is 4.92. The SMILES string of the molecule is N=NC(CSc1nc(-c2cccs2)cc(-c2ccco2)c1N)=NN. The maximum atomic E-state index is 7.03. The van der Waals surface area contributed by atoms with Crippen LogP contribution >= 0.6 is 23.1 Å². The lowest BCUT2D eigenvalue weighted by Crippen LogP contribution is -2.03. The normalized spacial score (nSPS) is 11.6. The largest absolute Gasteiger partial charge is 0.464 e. The molecular formula is C15H14N6OS2. The van der Waals surface area contributed by atoms with Crippen molar-refractivity contribution >= 4 is 34.6 Å². The van der Waals surface area contributed by atoms with Gasteiger partial charge >= 0.3 is 0 Å². The summed E-state index contributed by atoms with van der Waals surface area (Å²) in [4.78, 5) is 5.66. The zero-order valence-electron chi connectivity index (χ0n) is 12.5. The van der Waals surface area contributed by atoms with Crippen LogP contribution in [-0.4, -0.2) is 16.6 Å². The van der Waals surface area contributed by atoms with Crippen LogP contribution in [0.5, 0.6) is 0 Å². The quantitative estimate of drug-likeness (QED) is 0.158. The summed E-state index contributed by atoms with van der Waals surface area (Å²) in [5.41, 5.74) is 15.4. The molecule has 9 heteroatoms. The van der Waals surface area contributed by atoms with Crippen molar-refractivity contribution < 1.29 is 4.42 Å². The van der Waals surface area contributed by atoms with Crippen molar-refractivity contribution in [3.05, 3.63) is 42.0 Å². The van der Waals surface area contributed by atoms with E-state index in [0.717, 1.165) is 16.1 Å². The predicted molar refractivity (Wildman–Crippen MR) is 97.2 cm³/mol.